The van der Waals surface area contributed by atoms with Gasteiger partial charge in [-0.15, -0.1) is 0 Å². The van der Waals surface area contributed by atoms with Crippen molar-refractivity contribution in [3.63, 3.8) is 0 Å². The normalized spacial score (nSPS) is 29.4. The summed E-state index contributed by atoms with van der Waals surface area (Å²) < 4.78 is 20.1. The SMILES string of the molecule is CC(=O)OC1CO[C@](C#N)(N=[N+]=[N-])C(OC(C)=O)C1OC(C)=O. The molecule has 0 aromatic carbocycles. The lowest BCUT2D eigenvalue weighted by Gasteiger charge is -2.42. The molecule has 23 heavy (non-hydrogen) atoms. The second kappa shape index (κ2) is 7.44. The third-order valence-corrected chi connectivity index (χ3v) is 2.78. The highest BCUT2D eigenvalue weighted by molar-refractivity contribution is 5.68. The van der Waals surface area contributed by atoms with Crippen LogP contribution in [0.5, 0.6) is 0 Å². The molecule has 0 amide bonds. The summed E-state index contributed by atoms with van der Waals surface area (Å²) in [6, 6.07) is 1.60. The molecule has 1 fully saturated rings. The zero-order valence-corrected chi connectivity index (χ0v) is 12.6. The van der Waals surface area contributed by atoms with E-state index < -0.39 is 48.6 Å². The predicted molar refractivity (Wildman–Crippen MR) is 70.1 cm³/mol. The van der Waals surface area contributed by atoms with Gasteiger partial charge < -0.3 is 18.9 Å². The molecule has 0 aromatic rings. The maximum atomic E-state index is 11.3. The van der Waals surface area contributed by atoms with Crippen LogP contribution in [0.3, 0.4) is 0 Å². The molecule has 1 rings (SSSR count). The molecule has 1 saturated heterocycles. The molecule has 1 heterocycles. The van der Waals surface area contributed by atoms with Gasteiger partial charge in [-0.2, -0.15) is 5.26 Å². The van der Waals surface area contributed by atoms with Crippen molar-refractivity contribution in [2.24, 2.45) is 5.11 Å². The van der Waals surface area contributed by atoms with E-state index in [4.69, 9.17) is 24.5 Å². The summed E-state index contributed by atoms with van der Waals surface area (Å²) in [5.41, 5.74) is 6.39. The van der Waals surface area contributed by atoms with Crippen molar-refractivity contribution >= 4 is 17.9 Å². The van der Waals surface area contributed by atoms with Crippen LogP contribution in [0.1, 0.15) is 20.8 Å². The van der Waals surface area contributed by atoms with Crippen LogP contribution in [0.2, 0.25) is 0 Å². The van der Waals surface area contributed by atoms with Crippen molar-refractivity contribution in [2.75, 3.05) is 6.61 Å². The Balaban J connectivity index is 3.32. The summed E-state index contributed by atoms with van der Waals surface area (Å²) >= 11 is 0. The van der Waals surface area contributed by atoms with Gasteiger partial charge in [0.05, 0.1) is 6.61 Å². The number of azide groups is 1. The summed E-state index contributed by atoms with van der Waals surface area (Å²) in [6.07, 6.45) is -4.13. The Labute approximate surface area is 130 Å². The summed E-state index contributed by atoms with van der Waals surface area (Å²) in [5, 5.41) is 12.5. The molecule has 11 heteroatoms. The van der Waals surface area contributed by atoms with Crippen LogP contribution in [0.4, 0.5) is 0 Å². The fourth-order valence-corrected chi connectivity index (χ4v) is 2.04. The van der Waals surface area contributed by atoms with E-state index in [1.165, 1.54) is 0 Å². The average molecular weight is 326 g/mol. The first kappa shape index (κ1) is 18.2. The molecule has 1 aliphatic rings. The summed E-state index contributed by atoms with van der Waals surface area (Å²) in [7, 11) is 0. The predicted octanol–water partition coefficient (Wildman–Crippen LogP) is 0.342. The first-order chi connectivity index (χ1) is 10.8. The fraction of sp³-hybridized carbons (Fsp3) is 0.667. The molecule has 1 aliphatic heterocycles. The number of hydrogen-bond acceptors (Lipinski definition) is 9. The highest BCUT2D eigenvalue weighted by atomic mass is 16.7. The van der Waals surface area contributed by atoms with Crippen LogP contribution in [-0.4, -0.2) is 48.6 Å². The number of esters is 3. The van der Waals surface area contributed by atoms with Crippen molar-refractivity contribution in [2.45, 2.75) is 44.8 Å². The van der Waals surface area contributed by atoms with E-state index in [-0.39, 0.29) is 0 Å². The topological polar surface area (TPSA) is 161 Å². The third-order valence-electron chi connectivity index (χ3n) is 2.78. The minimum absolute atomic E-state index is 0.401. The van der Waals surface area contributed by atoms with Crippen LogP contribution in [-0.2, 0) is 33.3 Å². The van der Waals surface area contributed by atoms with Gasteiger partial charge in [-0.3, -0.25) is 14.4 Å². The molecular formula is C12H14N4O7. The van der Waals surface area contributed by atoms with Gasteiger partial charge in [0.25, 0.3) is 5.72 Å². The lowest BCUT2D eigenvalue weighted by Crippen LogP contribution is -2.62. The highest BCUT2D eigenvalue weighted by Gasteiger charge is 2.56. The molecule has 3 unspecified atom stereocenters. The van der Waals surface area contributed by atoms with Crippen molar-refractivity contribution in [1.82, 2.24) is 0 Å². The van der Waals surface area contributed by atoms with Gasteiger partial charge in [0.15, 0.2) is 18.3 Å². The van der Waals surface area contributed by atoms with Crippen LogP contribution < -0.4 is 0 Å². The maximum absolute atomic E-state index is 11.3. The minimum atomic E-state index is -2.25. The van der Waals surface area contributed by atoms with E-state index in [1.807, 2.05) is 0 Å². The Morgan fingerprint density at radius 1 is 1.22 bits per heavy atom. The Bertz CT molecular complexity index is 595. The second-order valence-electron chi connectivity index (χ2n) is 4.56. The quantitative estimate of drug-likeness (QED) is 0.235. The number of hydrogen-bond donors (Lipinski definition) is 0. The van der Waals surface area contributed by atoms with Crippen molar-refractivity contribution in [1.29, 1.82) is 5.26 Å². The van der Waals surface area contributed by atoms with Gasteiger partial charge in [-0.25, -0.2) is 0 Å². The van der Waals surface area contributed by atoms with E-state index in [2.05, 4.69) is 10.0 Å². The zero-order valence-electron chi connectivity index (χ0n) is 12.6. The molecule has 11 nitrogen and oxygen atoms in total. The molecule has 0 N–H and O–H groups in total. The Hall–Kier alpha value is -2.83. The third kappa shape index (κ3) is 4.32. The monoisotopic (exact) mass is 326 g/mol. The van der Waals surface area contributed by atoms with Crippen molar-refractivity contribution in [3.05, 3.63) is 10.4 Å². The van der Waals surface area contributed by atoms with E-state index in [0.717, 1.165) is 20.8 Å². The van der Waals surface area contributed by atoms with E-state index in [1.54, 1.807) is 6.07 Å². The summed E-state index contributed by atoms with van der Waals surface area (Å²) in [6.45, 7) is 2.83. The number of ether oxygens (including phenoxy) is 4. The molecule has 0 radical (unpaired) electrons. The van der Waals surface area contributed by atoms with E-state index in [9.17, 15) is 19.6 Å². The van der Waals surface area contributed by atoms with Gasteiger partial charge in [0.1, 0.15) is 6.07 Å². The first-order valence-corrected chi connectivity index (χ1v) is 6.39. The Kier molecular flexibility index (Phi) is 5.89. The van der Waals surface area contributed by atoms with Crippen molar-refractivity contribution in [3.8, 4) is 6.07 Å². The molecule has 0 aromatic heterocycles. The summed E-state index contributed by atoms with van der Waals surface area (Å²) in [4.78, 5) is 36.3. The van der Waals surface area contributed by atoms with Gasteiger partial charge in [-0.1, -0.05) is 0 Å². The zero-order chi connectivity index (χ0) is 17.6. The molecule has 0 aliphatic carbocycles. The van der Waals surface area contributed by atoms with E-state index in [0.29, 0.717) is 0 Å². The molecule has 0 bridgehead atoms. The van der Waals surface area contributed by atoms with Crippen LogP contribution in [0.15, 0.2) is 5.11 Å². The highest BCUT2D eigenvalue weighted by Crippen LogP contribution is 2.33. The number of nitriles is 1. The average Bonchev–Trinajstić information content (AvgIpc) is 2.44. The van der Waals surface area contributed by atoms with Gasteiger partial charge >= 0.3 is 17.9 Å². The molecular weight excluding hydrogens is 312 g/mol. The second-order valence-corrected chi connectivity index (χ2v) is 4.56. The fourth-order valence-electron chi connectivity index (χ4n) is 2.04. The van der Waals surface area contributed by atoms with E-state index >= 15 is 0 Å². The number of carbonyl (C=O) groups is 3. The van der Waals surface area contributed by atoms with Crippen LogP contribution in [0, 0.1) is 11.3 Å². The lowest BCUT2D eigenvalue weighted by molar-refractivity contribution is -0.240. The summed E-state index contributed by atoms with van der Waals surface area (Å²) in [5.74, 6) is -2.32. The van der Waals surface area contributed by atoms with Gasteiger partial charge in [0.2, 0.25) is 0 Å². The largest absolute Gasteiger partial charge is 0.456 e. The van der Waals surface area contributed by atoms with Crippen LogP contribution >= 0.6 is 0 Å². The number of rotatable bonds is 4. The van der Waals surface area contributed by atoms with Crippen LogP contribution in [0.25, 0.3) is 10.4 Å². The standard InChI is InChI=1S/C12H14N4O7/c1-6(17)21-9-4-20-12(5-13,15-16-14)11(23-8(3)19)10(9)22-7(2)18/h9-11H,4H2,1-3H3/t9?,10?,11?,12-/m0/s1. The van der Waals surface area contributed by atoms with Crippen molar-refractivity contribution < 1.29 is 33.3 Å². The molecule has 0 spiro atoms. The molecule has 4 atom stereocenters. The number of carbonyl (C=O) groups excluding carboxylic acids is 3. The minimum Gasteiger partial charge on any atom is -0.456 e. The first-order valence-electron chi connectivity index (χ1n) is 6.39. The van der Waals surface area contributed by atoms with Gasteiger partial charge in [-0.05, 0) is 10.6 Å². The molecule has 0 saturated carbocycles. The Morgan fingerprint density at radius 3 is 2.22 bits per heavy atom. The molecule has 124 valence electrons. The van der Waals surface area contributed by atoms with Gasteiger partial charge in [0, 0.05) is 25.7 Å². The maximum Gasteiger partial charge on any atom is 0.303 e. The smallest absolute Gasteiger partial charge is 0.303 e. The lowest BCUT2D eigenvalue weighted by atomic mass is 9.95. The number of nitrogens with zero attached hydrogens (tertiary/aromatic N) is 4. The Morgan fingerprint density at radius 2 is 1.78 bits per heavy atom.